The molecule has 2 nitrogen and oxygen atoms in total. The molecule has 0 amide bonds. The van der Waals surface area contributed by atoms with E-state index in [0.717, 1.165) is 16.9 Å². The van der Waals surface area contributed by atoms with Gasteiger partial charge in [0, 0.05) is 5.56 Å². The van der Waals surface area contributed by atoms with Gasteiger partial charge in [-0.05, 0) is 12.5 Å². The van der Waals surface area contributed by atoms with Crippen molar-refractivity contribution in [1.29, 1.82) is 0 Å². The van der Waals surface area contributed by atoms with Crippen molar-refractivity contribution in [2.75, 3.05) is 0 Å². The summed E-state index contributed by atoms with van der Waals surface area (Å²) in [4.78, 5) is 3.84. The lowest BCUT2D eigenvalue weighted by Gasteiger charge is -1.95. The maximum absolute atomic E-state index is 5.13. The van der Waals surface area contributed by atoms with Gasteiger partial charge in [-0.2, -0.15) is 0 Å². The van der Waals surface area contributed by atoms with E-state index in [9.17, 15) is 0 Å². The Morgan fingerprint density at radius 1 is 1.17 bits per heavy atom. The van der Waals surface area contributed by atoms with Crippen LogP contribution in [0.1, 0.15) is 5.56 Å². The van der Waals surface area contributed by atoms with Crippen LogP contribution in [-0.4, -0.2) is 4.98 Å². The van der Waals surface area contributed by atoms with Gasteiger partial charge in [-0.1, -0.05) is 24.3 Å². The third kappa shape index (κ3) is 1.23. The molecule has 12 heavy (non-hydrogen) atoms. The molecule has 0 bridgehead atoms. The zero-order chi connectivity index (χ0) is 8.39. The third-order valence-electron chi connectivity index (χ3n) is 1.67. The number of benzene rings is 1. The standard InChI is InChI=1S/C10H8NO/c1-8-2-4-9(5-3-8)10-6-11-7-12-10/h2-7H,1H2. The van der Waals surface area contributed by atoms with Gasteiger partial charge in [0.1, 0.15) is 0 Å². The van der Waals surface area contributed by atoms with Crippen molar-refractivity contribution in [1.82, 2.24) is 4.98 Å². The second kappa shape index (κ2) is 2.81. The van der Waals surface area contributed by atoms with Crippen LogP contribution in [-0.2, 0) is 0 Å². The topological polar surface area (TPSA) is 26.0 Å². The van der Waals surface area contributed by atoms with Crippen molar-refractivity contribution < 1.29 is 4.42 Å². The van der Waals surface area contributed by atoms with E-state index >= 15 is 0 Å². The minimum absolute atomic E-state index is 0.787. The Bertz CT molecular complexity index is 348. The molecule has 59 valence electrons. The fourth-order valence-corrected chi connectivity index (χ4v) is 1.03. The van der Waals surface area contributed by atoms with Crippen LogP contribution in [0.4, 0.5) is 0 Å². The largest absolute Gasteiger partial charge is 0.444 e. The molecule has 0 fully saturated rings. The molecule has 1 radical (unpaired) electrons. The zero-order valence-electron chi connectivity index (χ0n) is 6.53. The quantitative estimate of drug-likeness (QED) is 0.637. The summed E-state index contributed by atoms with van der Waals surface area (Å²) in [6.07, 6.45) is 3.12. The summed E-state index contributed by atoms with van der Waals surface area (Å²) in [7, 11) is 0. The van der Waals surface area contributed by atoms with Gasteiger partial charge in [-0.3, -0.25) is 0 Å². The van der Waals surface area contributed by atoms with Crippen molar-refractivity contribution in [2.45, 2.75) is 0 Å². The normalized spacial score (nSPS) is 10.1. The van der Waals surface area contributed by atoms with Gasteiger partial charge in [0.15, 0.2) is 12.2 Å². The molecule has 0 aliphatic rings. The molecule has 0 saturated heterocycles. The Morgan fingerprint density at radius 2 is 1.92 bits per heavy atom. The van der Waals surface area contributed by atoms with Crippen LogP contribution >= 0.6 is 0 Å². The van der Waals surface area contributed by atoms with Crippen LogP contribution in [0.3, 0.4) is 0 Å². The summed E-state index contributed by atoms with van der Waals surface area (Å²) in [5.74, 6) is 0.787. The molecule has 2 heteroatoms. The number of hydrogen-bond donors (Lipinski definition) is 0. The van der Waals surface area contributed by atoms with Crippen LogP contribution in [0, 0.1) is 6.92 Å². The van der Waals surface area contributed by atoms with Gasteiger partial charge < -0.3 is 4.42 Å². The second-order valence-corrected chi connectivity index (χ2v) is 2.56. The molecule has 0 N–H and O–H groups in total. The lowest BCUT2D eigenvalue weighted by atomic mass is 10.1. The molecule has 0 aliphatic carbocycles. The Kier molecular flexibility index (Phi) is 1.67. The van der Waals surface area contributed by atoms with Gasteiger partial charge >= 0.3 is 0 Å². The summed E-state index contributed by atoms with van der Waals surface area (Å²) in [5, 5.41) is 0. The Labute approximate surface area is 70.9 Å². The van der Waals surface area contributed by atoms with Crippen molar-refractivity contribution in [3.63, 3.8) is 0 Å². The fraction of sp³-hybridized carbons (Fsp3) is 0. The van der Waals surface area contributed by atoms with Crippen LogP contribution in [0.15, 0.2) is 41.3 Å². The van der Waals surface area contributed by atoms with E-state index in [4.69, 9.17) is 4.42 Å². The molecule has 1 heterocycles. The van der Waals surface area contributed by atoms with Crippen molar-refractivity contribution >= 4 is 0 Å². The molecule has 0 unspecified atom stereocenters. The fourth-order valence-electron chi connectivity index (χ4n) is 1.03. The van der Waals surface area contributed by atoms with E-state index in [2.05, 4.69) is 11.9 Å². The van der Waals surface area contributed by atoms with Crippen molar-refractivity contribution in [3.05, 3.63) is 49.3 Å². The van der Waals surface area contributed by atoms with Gasteiger partial charge in [0.2, 0.25) is 0 Å². The summed E-state index contributed by atoms with van der Waals surface area (Å²) in [6.45, 7) is 3.80. The van der Waals surface area contributed by atoms with E-state index in [1.807, 2.05) is 24.3 Å². The Morgan fingerprint density at radius 3 is 2.50 bits per heavy atom. The van der Waals surface area contributed by atoms with Crippen molar-refractivity contribution in [3.8, 4) is 11.3 Å². The summed E-state index contributed by atoms with van der Waals surface area (Å²) >= 11 is 0. The number of rotatable bonds is 1. The first-order valence-corrected chi connectivity index (χ1v) is 3.67. The monoisotopic (exact) mass is 158 g/mol. The minimum Gasteiger partial charge on any atom is -0.444 e. The molecule has 0 spiro atoms. The molecular formula is C10H8NO. The minimum atomic E-state index is 0.787. The maximum atomic E-state index is 5.13. The number of aromatic nitrogens is 1. The lowest BCUT2D eigenvalue weighted by Crippen LogP contribution is -1.74. The molecule has 0 atom stereocenters. The van der Waals surface area contributed by atoms with Crippen LogP contribution in [0.25, 0.3) is 11.3 Å². The molecule has 2 aromatic rings. The Hall–Kier alpha value is -1.57. The first-order chi connectivity index (χ1) is 5.86. The van der Waals surface area contributed by atoms with E-state index in [1.165, 1.54) is 6.39 Å². The van der Waals surface area contributed by atoms with Gasteiger partial charge in [-0.15, -0.1) is 0 Å². The number of oxazole rings is 1. The van der Waals surface area contributed by atoms with Gasteiger partial charge in [0.25, 0.3) is 0 Å². The number of nitrogens with zero attached hydrogens (tertiary/aromatic N) is 1. The highest BCUT2D eigenvalue weighted by Crippen LogP contribution is 2.18. The second-order valence-electron chi connectivity index (χ2n) is 2.56. The highest BCUT2D eigenvalue weighted by molar-refractivity contribution is 5.56. The van der Waals surface area contributed by atoms with Crippen LogP contribution < -0.4 is 0 Å². The smallest absolute Gasteiger partial charge is 0.181 e. The van der Waals surface area contributed by atoms with Gasteiger partial charge in [-0.25, -0.2) is 4.98 Å². The lowest BCUT2D eigenvalue weighted by molar-refractivity contribution is 0.572. The van der Waals surface area contributed by atoms with E-state index in [1.54, 1.807) is 6.20 Å². The molecule has 1 aromatic carbocycles. The summed E-state index contributed by atoms with van der Waals surface area (Å²) < 4.78 is 5.13. The third-order valence-corrected chi connectivity index (χ3v) is 1.67. The van der Waals surface area contributed by atoms with E-state index < -0.39 is 0 Å². The van der Waals surface area contributed by atoms with Crippen LogP contribution in [0.5, 0.6) is 0 Å². The predicted octanol–water partition coefficient (Wildman–Crippen LogP) is 2.52. The molecule has 2 rings (SSSR count). The molecule has 1 aromatic heterocycles. The molecule has 0 aliphatic heterocycles. The van der Waals surface area contributed by atoms with Gasteiger partial charge in [0.05, 0.1) is 6.20 Å². The number of hydrogen-bond acceptors (Lipinski definition) is 2. The van der Waals surface area contributed by atoms with E-state index in [-0.39, 0.29) is 0 Å². The zero-order valence-corrected chi connectivity index (χ0v) is 6.53. The highest BCUT2D eigenvalue weighted by atomic mass is 16.3. The first-order valence-electron chi connectivity index (χ1n) is 3.67. The SMILES string of the molecule is [CH2]c1ccc(-c2cnco2)cc1. The molecular weight excluding hydrogens is 150 g/mol. The Balaban J connectivity index is 2.43. The average molecular weight is 158 g/mol. The summed E-state index contributed by atoms with van der Waals surface area (Å²) in [5.41, 5.74) is 2.03. The predicted molar refractivity (Wildman–Crippen MR) is 46.4 cm³/mol. The average Bonchev–Trinajstić information content (AvgIpc) is 2.58. The first kappa shape index (κ1) is 7.10. The van der Waals surface area contributed by atoms with Crippen LogP contribution in [0.2, 0.25) is 0 Å². The highest BCUT2D eigenvalue weighted by Gasteiger charge is 1.98. The van der Waals surface area contributed by atoms with Crippen molar-refractivity contribution in [2.24, 2.45) is 0 Å². The molecule has 0 saturated carbocycles. The summed E-state index contributed by atoms with van der Waals surface area (Å²) in [6, 6.07) is 7.81. The van der Waals surface area contributed by atoms with E-state index in [0.29, 0.717) is 0 Å². The maximum Gasteiger partial charge on any atom is 0.181 e.